The average Bonchev–Trinajstić information content (AvgIpc) is 2.27. The van der Waals surface area contributed by atoms with Crippen molar-refractivity contribution in [3.05, 3.63) is 29.3 Å². The van der Waals surface area contributed by atoms with Gasteiger partial charge >= 0.3 is 12.1 Å². The molecule has 3 nitrogen and oxygen atoms in total. The molecule has 0 aromatic heterocycles. The Bertz CT molecular complexity index is 503. The summed E-state index contributed by atoms with van der Waals surface area (Å²) in [5.74, 6) is 0.847. The number of alkyl halides is 3. The first kappa shape index (κ1) is 13.9. The fourth-order valence-corrected chi connectivity index (χ4v) is 1.30. The van der Waals surface area contributed by atoms with Crippen LogP contribution in [0.2, 0.25) is 0 Å². The van der Waals surface area contributed by atoms with Crippen molar-refractivity contribution in [2.75, 3.05) is 5.32 Å². The quantitative estimate of drug-likeness (QED) is 0.818. The van der Waals surface area contributed by atoms with Crippen LogP contribution in [-0.2, 0) is 6.18 Å². The lowest BCUT2D eigenvalue weighted by molar-refractivity contribution is -0.137. The molecule has 6 heteroatoms. The van der Waals surface area contributed by atoms with Crippen molar-refractivity contribution in [3.63, 3.8) is 0 Å². The summed E-state index contributed by atoms with van der Waals surface area (Å²) in [7, 11) is 0. The molecule has 0 fully saturated rings. The smallest absolute Gasteiger partial charge is 0.416 e. The Morgan fingerprint density at radius 3 is 2.56 bits per heavy atom. The van der Waals surface area contributed by atoms with Crippen LogP contribution in [0, 0.1) is 12.3 Å². The molecular weight excluding hydrogens is 247 g/mol. The number of hydrogen-bond donors (Lipinski definition) is 2. The highest BCUT2D eigenvalue weighted by atomic mass is 19.4. The van der Waals surface area contributed by atoms with E-state index in [0.29, 0.717) is 6.07 Å². The summed E-state index contributed by atoms with van der Waals surface area (Å²) < 4.78 is 37.3. The van der Waals surface area contributed by atoms with E-state index in [9.17, 15) is 18.0 Å². The zero-order chi connectivity index (χ0) is 13.9. The minimum atomic E-state index is -4.58. The van der Waals surface area contributed by atoms with Crippen LogP contribution >= 0.6 is 0 Å². The minimum absolute atomic E-state index is 0.0564. The number of carboxylic acid groups (broad SMARTS) is 1. The summed E-state index contributed by atoms with van der Waals surface area (Å²) in [5.41, 5.74) is -1.42. The normalized spacial score (nSPS) is 12.6. The Labute approximate surface area is 102 Å². The lowest BCUT2D eigenvalue weighted by Gasteiger charge is -2.14. The van der Waals surface area contributed by atoms with Crippen molar-refractivity contribution in [1.29, 1.82) is 0 Å². The second-order valence-corrected chi connectivity index (χ2v) is 3.60. The fraction of sp³-hybridized carbons (Fsp3) is 0.250. The number of carbonyl (C=O) groups is 1. The molecule has 1 unspecified atom stereocenters. The first-order chi connectivity index (χ1) is 8.25. The Hall–Kier alpha value is -2.16. The number of benzene rings is 1. The van der Waals surface area contributed by atoms with Gasteiger partial charge in [-0.15, -0.1) is 6.42 Å². The topological polar surface area (TPSA) is 49.3 Å². The Balaban J connectivity index is 3.22. The van der Waals surface area contributed by atoms with Gasteiger partial charge in [0, 0.05) is 5.69 Å². The first-order valence-electron chi connectivity index (χ1n) is 4.93. The molecule has 0 aliphatic heterocycles. The molecule has 0 radical (unpaired) electrons. The molecule has 0 aliphatic rings. The Kier molecular flexibility index (Phi) is 3.86. The van der Waals surface area contributed by atoms with Crippen LogP contribution in [0.4, 0.5) is 18.9 Å². The maximum Gasteiger partial charge on any atom is 0.416 e. The van der Waals surface area contributed by atoms with Crippen LogP contribution in [0.5, 0.6) is 0 Å². The van der Waals surface area contributed by atoms with Gasteiger partial charge < -0.3 is 10.4 Å². The number of anilines is 1. The van der Waals surface area contributed by atoms with E-state index in [-0.39, 0.29) is 5.69 Å². The number of hydrogen-bond acceptors (Lipinski definition) is 2. The molecule has 0 saturated heterocycles. The number of carboxylic acids is 1. The van der Waals surface area contributed by atoms with Crippen LogP contribution in [-0.4, -0.2) is 17.1 Å². The number of rotatable bonds is 3. The number of nitrogens with one attached hydrogen (secondary N) is 1. The number of terminal acetylenes is 1. The first-order valence-corrected chi connectivity index (χ1v) is 4.93. The molecule has 0 bridgehead atoms. The van der Waals surface area contributed by atoms with Gasteiger partial charge in [0.2, 0.25) is 0 Å². The molecule has 96 valence electrons. The van der Waals surface area contributed by atoms with Crippen molar-refractivity contribution < 1.29 is 23.1 Å². The van der Waals surface area contributed by atoms with E-state index in [2.05, 4.69) is 11.2 Å². The highest BCUT2D eigenvalue weighted by Gasteiger charge is 2.31. The van der Waals surface area contributed by atoms with E-state index in [4.69, 9.17) is 11.5 Å². The second-order valence-electron chi connectivity index (χ2n) is 3.60. The number of aromatic carboxylic acids is 1. The van der Waals surface area contributed by atoms with E-state index in [1.54, 1.807) is 6.92 Å². The van der Waals surface area contributed by atoms with Crippen LogP contribution in [0.15, 0.2) is 18.2 Å². The third kappa shape index (κ3) is 3.17. The highest BCUT2D eigenvalue weighted by molar-refractivity contribution is 5.94. The van der Waals surface area contributed by atoms with Gasteiger partial charge in [-0.25, -0.2) is 4.79 Å². The van der Waals surface area contributed by atoms with Crippen molar-refractivity contribution in [3.8, 4) is 12.3 Å². The molecular formula is C12H10F3NO2. The van der Waals surface area contributed by atoms with Crippen molar-refractivity contribution in [1.82, 2.24) is 0 Å². The van der Waals surface area contributed by atoms with Gasteiger partial charge in [-0.05, 0) is 25.1 Å². The van der Waals surface area contributed by atoms with Gasteiger partial charge in [0.1, 0.15) is 0 Å². The van der Waals surface area contributed by atoms with E-state index < -0.39 is 29.3 Å². The third-order valence-corrected chi connectivity index (χ3v) is 2.20. The monoisotopic (exact) mass is 257 g/mol. The predicted molar refractivity (Wildman–Crippen MR) is 60.3 cm³/mol. The second kappa shape index (κ2) is 5.00. The van der Waals surface area contributed by atoms with Gasteiger partial charge in [-0.3, -0.25) is 0 Å². The van der Waals surface area contributed by atoms with Gasteiger partial charge in [0.15, 0.2) is 0 Å². The molecule has 18 heavy (non-hydrogen) atoms. The summed E-state index contributed by atoms with van der Waals surface area (Å²) in [5, 5.41) is 11.5. The van der Waals surface area contributed by atoms with Crippen molar-refractivity contribution in [2.24, 2.45) is 0 Å². The lowest BCUT2D eigenvalue weighted by Crippen LogP contribution is -2.16. The Morgan fingerprint density at radius 2 is 2.11 bits per heavy atom. The molecule has 0 heterocycles. The summed E-state index contributed by atoms with van der Waals surface area (Å²) in [4.78, 5) is 10.9. The minimum Gasteiger partial charge on any atom is -0.478 e. The van der Waals surface area contributed by atoms with E-state index in [1.165, 1.54) is 0 Å². The molecule has 0 aliphatic carbocycles. The van der Waals surface area contributed by atoms with Crippen LogP contribution in [0.1, 0.15) is 22.8 Å². The molecule has 1 aromatic carbocycles. The predicted octanol–water partition coefficient (Wildman–Crippen LogP) is 2.84. The highest BCUT2D eigenvalue weighted by Crippen LogP contribution is 2.32. The lowest BCUT2D eigenvalue weighted by atomic mass is 10.1. The summed E-state index contributed by atoms with van der Waals surface area (Å²) in [6.07, 6.45) is 0.522. The van der Waals surface area contributed by atoms with Gasteiger partial charge in [-0.1, -0.05) is 5.92 Å². The SMILES string of the molecule is C#CC(C)Nc1ccc(C(F)(F)F)cc1C(=O)O. The Morgan fingerprint density at radius 1 is 1.50 bits per heavy atom. The average molecular weight is 257 g/mol. The maximum atomic E-state index is 12.4. The molecule has 1 rings (SSSR count). The largest absolute Gasteiger partial charge is 0.478 e. The zero-order valence-corrected chi connectivity index (χ0v) is 9.38. The fourth-order valence-electron chi connectivity index (χ4n) is 1.30. The summed E-state index contributed by atoms with van der Waals surface area (Å²) >= 11 is 0. The summed E-state index contributed by atoms with van der Waals surface area (Å²) in [6, 6.07) is 1.95. The van der Waals surface area contributed by atoms with Crippen LogP contribution in [0.25, 0.3) is 0 Å². The molecule has 0 amide bonds. The molecule has 0 saturated carbocycles. The van der Waals surface area contributed by atoms with E-state index in [0.717, 1.165) is 12.1 Å². The van der Waals surface area contributed by atoms with Gasteiger partial charge in [0.25, 0.3) is 0 Å². The standard InChI is InChI=1S/C12H10F3NO2/c1-3-7(2)16-10-5-4-8(12(13,14)15)6-9(10)11(17)18/h1,4-7,16H,2H3,(H,17,18). The maximum absolute atomic E-state index is 12.4. The van der Waals surface area contributed by atoms with Crippen molar-refractivity contribution >= 4 is 11.7 Å². The van der Waals surface area contributed by atoms with E-state index in [1.807, 2.05) is 0 Å². The van der Waals surface area contributed by atoms with Gasteiger partial charge in [-0.2, -0.15) is 13.2 Å². The van der Waals surface area contributed by atoms with Crippen LogP contribution < -0.4 is 5.32 Å². The summed E-state index contributed by atoms with van der Waals surface area (Å²) in [6.45, 7) is 1.59. The molecule has 1 atom stereocenters. The molecule has 2 N–H and O–H groups in total. The number of halogens is 3. The van der Waals surface area contributed by atoms with Gasteiger partial charge in [0.05, 0.1) is 17.2 Å². The molecule has 0 spiro atoms. The zero-order valence-electron chi connectivity index (χ0n) is 9.38. The van der Waals surface area contributed by atoms with E-state index >= 15 is 0 Å². The third-order valence-electron chi connectivity index (χ3n) is 2.20. The van der Waals surface area contributed by atoms with Crippen LogP contribution in [0.3, 0.4) is 0 Å². The molecule has 1 aromatic rings. The van der Waals surface area contributed by atoms with Crippen molar-refractivity contribution in [2.45, 2.75) is 19.1 Å².